The molecule has 31 heavy (non-hydrogen) atoms. The van der Waals surface area contributed by atoms with Gasteiger partial charge in [0, 0.05) is 56.8 Å². The van der Waals surface area contributed by atoms with E-state index in [-0.39, 0.29) is 17.7 Å². The Morgan fingerprint density at radius 1 is 1.32 bits per heavy atom. The van der Waals surface area contributed by atoms with Gasteiger partial charge in [0.2, 0.25) is 5.91 Å². The van der Waals surface area contributed by atoms with Crippen molar-refractivity contribution in [2.75, 3.05) is 31.6 Å². The predicted molar refractivity (Wildman–Crippen MR) is 117 cm³/mol. The first-order chi connectivity index (χ1) is 15.2. The highest BCUT2D eigenvalue weighted by Gasteiger charge is 2.32. The zero-order valence-electron chi connectivity index (χ0n) is 17.4. The third kappa shape index (κ3) is 4.14. The van der Waals surface area contributed by atoms with Crippen LogP contribution in [0.4, 0.5) is 5.82 Å². The molecule has 0 aliphatic carbocycles. The fraction of sp³-hybridized carbons (Fsp3) is 0.455. The minimum Gasteiger partial charge on any atom is -0.381 e. The van der Waals surface area contributed by atoms with Crippen molar-refractivity contribution >= 4 is 30.7 Å². The Kier molecular flexibility index (Phi) is 5.59. The van der Waals surface area contributed by atoms with E-state index < -0.39 is 0 Å². The van der Waals surface area contributed by atoms with E-state index in [0.717, 1.165) is 42.9 Å². The number of fused-ring (bicyclic) bond motifs is 1. The van der Waals surface area contributed by atoms with Gasteiger partial charge in [0.1, 0.15) is 13.7 Å². The summed E-state index contributed by atoms with van der Waals surface area (Å²) in [6.45, 7) is 3.31. The molecule has 2 fully saturated rings. The van der Waals surface area contributed by atoms with Crippen molar-refractivity contribution in [3.05, 3.63) is 48.0 Å². The minimum absolute atomic E-state index is 0.00336. The maximum Gasteiger partial charge on any atom is 0.228 e. The number of aromatic nitrogens is 4. The van der Waals surface area contributed by atoms with Crippen molar-refractivity contribution in [3.8, 4) is 0 Å². The van der Waals surface area contributed by atoms with Gasteiger partial charge in [-0.15, -0.1) is 0 Å². The number of ether oxygens (including phenoxy) is 1. The Morgan fingerprint density at radius 3 is 3.06 bits per heavy atom. The lowest BCUT2D eigenvalue weighted by molar-refractivity contribution is -0.136. The fourth-order valence-electron chi connectivity index (χ4n) is 4.44. The molecule has 3 aromatic heterocycles. The van der Waals surface area contributed by atoms with Gasteiger partial charge in [-0.3, -0.25) is 9.78 Å². The number of nitrogens with one attached hydrogen (secondary N) is 1. The summed E-state index contributed by atoms with van der Waals surface area (Å²) >= 11 is 0. The molecule has 1 N–H and O–H groups in total. The van der Waals surface area contributed by atoms with Crippen LogP contribution in [-0.2, 0) is 16.1 Å². The van der Waals surface area contributed by atoms with E-state index in [1.165, 1.54) is 0 Å². The molecule has 0 saturated carbocycles. The maximum absolute atomic E-state index is 12.9. The molecule has 2 aliphatic heterocycles. The molecular formula is C22H25BN6O2. The van der Waals surface area contributed by atoms with Crippen molar-refractivity contribution in [2.45, 2.75) is 31.7 Å². The highest BCUT2D eigenvalue weighted by Crippen LogP contribution is 2.29. The molecule has 8 nitrogen and oxygen atoms in total. The van der Waals surface area contributed by atoms with Gasteiger partial charge in [0.05, 0.1) is 18.2 Å². The normalized spacial score (nSPS) is 21.5. The first-order valence-corrected chi connectivity index (χ1v) is 10.8. The van der Waals surface area contributed by atoms with Crippen molar-refractivity contribution in [2.24, 2.45) is 5.92 Å². The lowest BCUT2D eigenvalue weighted by Gasteiger charge is -2.34. The van der Waals surface area contributed by atoms with Gasteiger partial charge in [-0.1, -0.05) is 6.07 Å². The summed E-state index contributed by atoms with van der Waals surface area (Å²) < 4.78 is 7.15. The van der Waals surface area contributed by atoms with Crippen LogP contribution in [-0.4, -0.2) is 64.5 Å². The molecule has 2 aliphatic rings. The van der Waals surface area contributed by atoms with Crippen molar-refractivity contribution in [1.82, 2.24) is 24.5 Å². The van der Waals surface area contributed by atoms with E-state index in [4.69, 9.17) is 17.6 Å². The summed E-state index contributed by atoms with van der Waals surface area (Å²) in [6.07, 6.45) is 7.99. The van der Waals surface area contributed by atoms with Crippen LogP contribution < -0.4 is 10.8 Å². The summed E-state index contributed by atoms with van der Waals surface area (Å²) in [5.74, 6) is 1.20. The number of nitrogens with zero attached hydrogens (tertiary/aromatic N) is 5. The number of hydrogen-bond acceptors (Lipinski definition) is 6. The van der Waals surface area contributed by atoms with E-state index in [2.05, 4.69) is 15.4 Å². The lowest BCUT2D eigenvalue weighted by atomic mass is 9.93. The number of anilines is 1. The summed E-state index contributed by atoms with van der Waals surface area (Å²) in [5, 5.41) is 7.83. The minimum atomic E-state index is -0.00336. The summed E-state index contributed by atoms with van der Waals surface area (Å²) in [5.41, 5.74) is 3.19. The number of likely N-dealkylation sites (tertiary alicyclic amines) is 1. The Labute approximate surface area is 182 Å². The average molecular weight is 416 g/mol. The molecule has 9 heteroatoms. The second-order valence-electron chi connectivity index (χ2n) is 8.30. The second kappa shape index (κ2) is 8.67. The molecule has 0 spiro atoms. The molecule has 5 heterocycles. The zero-order chi connectivity index (χ0) is 21.2. The molecule has 1 unspecified atom stereocenters. The molecule has 0 aromatic carbocycles. The van der Waals surface area contributed by atoms with E-state index in [9.17, 15) is 4.79 Å². The van der Waals surface area contributed by atoms with Crippen LogP contribution in [0.15, 0.2) is 36.8 Å². The van der Waals surface area contributed by atoms with Gasteiger partial charge in [-0.2, -0.15) is 9.61 Å². The van der Waals surface area contributed by atoms with E-state index in [1.54, 1.807) is 16.9 Å². The number of rotatable bonds is 5. The van der Waals surface area contributed by atoms with E-state index in [1.807, 2.05) is 29.3 Å². The molecule has 2 saturated heterocycles. The third-order valence-corrected chi connectivity index (χ3v) is 6.15. The number of pyridine rings is 1. The Bertz CT molecular complexity index is 1070. The molecule has 2 radical (unpaired) electrons. The first kappa shape index (κ1) is 20.0. The fourth-order valence-corrected chi connectivity index (χ4v) is 4.44. The number of piperidine rings is 1. The number of amides is 1. The van der Waals surface area contributed by atoms with Crippen LogP contribution in [0.3, 0.4) is 0 Å². The van der Waals surface area contributed by atoms with Gasteiger partial charge in [0.15, 0.2) is 5.65 Å². The molecular weight excluding hydrogens is 391 g/mol. The predicted octanol–water partition coefficient (Wildman–Crippen LogP) is 1.27. The highest BCUT2D eigenvalue weighted by molar-refractivity contribution is 6.36. The van der Waals surface area contributed by atoms with Crippen LogP contribution in [0.2, 0.25) is 0 Å². The number of carbonyl (C=O) groups is 1. The van der Waals surface area contributed by atoms with Crippen LogP contribution in [0, 0.1) is 5.92 Å². The zero-order valence-corrected chi connectivity index (χ0v) is 17.4. The van der Waals surface area contributed by atoms with Crippen molar-refractivity contribution < 1.29 is 9.53 Å². The smallest absolute Gasteiger partial charge is 0.228 e. The Morgan fingerprint density at radius 2 is 2.26 bits per heavy atom. The van der Waals surface area contributed by atoms with Gasteiger partial charge in [-0.05, 0) is 36.4 Å². The van der Waals surface area contributed by atoms with Gasteiger partial charge < -0.3 is 15.0 Å². The Hall–Kier alpha value is -2.94. The lowest BCUT2D eigenvalue weighted by Crippen LogP contribution is -2.42. The quantitative estimate of drug-likeness (QED) is 0.631. The maximum atomic E-state index is 12.9. The molecule has 0 bridgehead atoms. The third-order valence-electron chi connectivity index (χ3n) is 6.15. The van der Waals surface area contributed by atoms with Crippen LogP contribution >= 0.6 is 0 Å². The van der Waals surface area contributed by atoms with Crippen molar-refractivity contribution in [1.29, 1.82) is 0 Å². The first-order valence-electron chi connectivity index (χ1n) is 10.8. The SMILES string of the molecule is [B]c1cnn2c(NCc3cccnc3)cc([C@@H]3CCCN(C(=O)C4CCOC4)C3)nc12. The average Bonchev–Trinajstić information content (AvgIpc) is 3.48. The molecule has 158 valence electrons. The van der Waals surface area contributed by atoms with Crippen LogP contribution in [0.5, 0.6) is 0 Å². The van der Waals surface area contributed by atoms with Crippen LogP contribution in [0.25, 0.3) is 5.65 Å². The summed E-state index contributed by atoms with van der Waals surface area (Å²) in [6, 6.07) is 5.97. The molecule has 2 atom stereocenters. The van der Waals surface area contributed by atoms with Crippen LogP contribution in [0.1, 0.15) is 36.4 Å². The number of carbonyl (C=O) groups excluding carboxylic acids is 1. The summed E-state index contributed by atoms with van der Waals surface area (Å²) in [7, 11) is 6.15. The molecule has 1 amide bonds. The molecule has 3 aromatic rings. The largest absolute Gasteiger partial charge is 0.381 e. The topological polar surface area (TPSA) is 84.7 Å². The highest BCUT2D eigenvalue weighted by atomic mass is 16.5. The molecule has 5 rings (SSSR count). The monoisotopic (exact) mass is 416 g/mol. The van der Waals surface area contributed by atoms with Gasteiger partial charge >= 0.3 is 0 Å². The van der Waals surface area contributed by atoms with E-state index >= 15 is 0 Å². The Balaban J connectivity index is 1.39. The van der Waals surface area contributed by atoms with Gasteiger partial charge in [0.25, 0.3) is 0 Å². The van der Waals surface area contributed by atoms with E-state index in [0.29, 0.717) is 37.4 Å². The summed E-state index contributed by atoms with van der Waals surface area (Å²) in [4.78, 5) is 23.9. The standard InChI is InChI=1S/C22H25BN6O2/c23-18-12-26-29-20(25-11-15-3-1-6-24-10-15)9-19(27-21(18)29)16-4-2-7-28(13-16)22(30)17-5-8-31-14-17/h1,3,6,9-10,12,16-17,25H,2,4-5,7-8,11,13-14H2/t16-,17?/m1/s1. The number of hydrogen-bond donors (Lipinski definition) is 1. The van der Waals surface area contributed by atoms with Crippen molar-refractivity contribution in [3.63, 3.8) is 0 Å². The second-order valence-corrected chi connectivity index (χ2v) is 8.30. The van der Waals surface area contributed by atoms with Gasteiger partial charge in [-0.25, -0.2) is 4.98 Å².